The quantitative estimate of drug-likeness (QED) is 0.525. The number of fused-ring (bicyclic) bond motifs is 1. The molecule has 3 aromatic rings. The van der Waals surface area contributed by atoms with Crippen molar-refractivity contribution < 1.29 is 19.4 Å². The summed E-state index contributed by atoms with van der Waals surface area (Å²) >= 11 is 0. The van der Waals surface area contributed by atoms with Crippen molar-refractivity contribution >= 4 is 5.91 Å². The number of hydrogen-bond acceptors (Lipinski definition) is 7. The number of benzene rings is 1. The molecular weight excluding hydrogens is 458 g/mol. The average molecular weight is 490 g/mol. The number of pyridine rings is 1. The number of rotatable bonds is 7. The Labute approximate surface area is 210 Å². The van der Waals surface area contributed by atoms with E-state index < -0.39 is 6.10 Å². The van der Waals surface area contributed by atoms with Gasteiger partial charge in [-0.2, -0.15) is 5.10 Å². The summed E-state index contributed by atoms with van der Waals surface area (Å²) in [6.45, 7) is 3.86. The third-order valence-electron chi connectivity index (χ3n) is 7.57. The Morgan fingerprint density at radius 3 is 2.89 bits per heavy atom. The number of likely N-dealkylation sites (tertiary alicyclic amines) is 2. The first kappa shape index (κ1) is 23.0. The third kappa shape index (κ3) is 4.68. The number of nitrogens with zero attached hydrogens (tertiary/aromatic N) is 4. The highest BCUT2D eigenvalue weighted by Gasteiger charge is 2.36. The number of β-amino-alcohol motifs (C(OH)–C–C–N with tert-alkyl or cyclic N) is 1. The number of aliphatic hydroxyl groups is 1. The van der Waals surface area contributed by atoms with Crippen molar-refractivity contribution in [3.63, 3.8) is 0 Å². The number of hydrogen-bond donors (Lipinski definition) is 2. The van der Waals surface area contributed by atoms with Gasteiger partial charge < -0.3 is 24.4 Å². The molecule has 2 N–H and O–H groups in total. The van der Waals surface area contributed by atoms with Crippen LogP contribution in [-0.4, -0.2) is 80.9 Å². The van der Waals surface area contributed by atoms with Crippen LogP contribution in [0.1, 0.15) is 37.2 Å². The molecule has 9 nitrogen and oxygen atoms in total. The topological polar surface area (TPSA) is 104 Å². The largest absolute Gasteiger partial charge is 0.493 e. The average Bonchev–Trinajstić information content (AvgIpc) is 3.65. The van der Waals surface area contributed by atoms with E-state index in [1.54, 1.807) is 12.4 Å². The van der Waals surface area contributed by atoms with Gasteiger partial charge in [-0.05, 0) is 44.0 Å². The summed E-state index contributed by atoms with van der Waals surface area (Å²) in [5.41, 5.74) is 3.05. The lowest BCUT2D eigenvalue weighted by Gasteiger charge is -2.40. The predicted octanol–water partition coefficient (Wildman–Crippen LogP) is 3.19. The molecule has 9 heteroatoms. The number of aromatic nitrogens is 3. The van der Waals surface area contributed by atoms with Crippen LogP contribution in [0.3, 0.4) is 0 Å². The number of amides is 1. The van der Waals surface area contributed by atoms with Gasteiger partial charge >= 0.3 is 0 Å². The van der Waals surface area contributed by atoms with Crippen LogP contribution in [0.25, 0.3) is 11.3 Å². The van der Waals surface area contributed by atoms with E-state index in [0.29, 0.717) is 37.1 Å². The monoisotopic (exact) mass is 489 g/mol. The van der Waals surface area contributed by atoms with Crippen molar-refractivity contribution in [2.75, 3.05) is 32.8 Å². The van der Waals surface area contributed by atoms with Crippen molar-refractivity contribution in [2.45, 2.75) is 43.7 Å². The fourth-order valence-electron chi connectivity index (χ4n) is 5.61. The molecule has 1 amide bonds. The maximum Gasteiger partial charge on any atom is 0.222 e. The molecule has 3 aliphatic heterocycles. The van der Waals surface area contributed by atoms with Crippen LogP contribution < -0.4 is 9.47 Å². The lowest BCUT2D eigenvalue weighted by molar-refractivity contribution is -0.133. The smallest absolute Gasteiger partial charge is 0.222 e. The molecule has 3 aliphatic rings. The van der Waals surface area contributed by atoms with Gasteiger partial charge in [0, 0.05) is 67.6 Å². The molecule has 0 saturated carbocycles. The summed E-state index contributed by atoms with van der Waals surface area (Å²) in [4.78, 5) is 20.7. The number of piperidine rings is 1. The first-order valence-corrected chi connectivity index (χ1v) is 12.7. The van der Waals surface area contributed by atoms with Crippen LogP contribution in [0.15, 0.2) is 48.8 Å². The van der Waals surface area contributed by atoms with E-state index in [-0.39, 0.29) is 11.9 Å². The molecule has 2 unspecified atom stereocenters. The Hall–Kier alpha value is -3.43. The normalized spacial score (nSPS) is 24.1. The van der Waals surface area contributed by atoms with E-state index in [4.69, 9.17) is 9.47 Å². The van der Waals surface area contributed by atoms with E-state index in [2.05, 4.69) is 26.1 Å². The Kier molecular flexibility index (Phi) is 6.33. The Morgan fingerprint density at radius 2 is 2.14 bits per heavy atom. The molecule has 6 rings (SSSR count). The van der Waals surface area contributed by atoms with Crippen molar-refractivity contribution in [2.24, 2.45) is 0 Å². The fraction of sp³-hybridized carbons (Fsp3) is 0.444. The van der Waals surface area contributed by atoms with Gasteiger partial charge in [0.2, 0.25) is 11.8 Å². The molecule has 0 aliphatic carbocycles. The number of nitrogens with one attached hydrogen (secondary N) is 1. The molecule has 2 aromatic heterocycles. The van der Waals surface area contributed by atoms with Crippen molar-refractivity contribution in [3.05, 3.63) is 54.4 Å². The molecule has 0 radical (unpaired) electrons. The van der Waals surface area contributed by atoms with Gasteiger partial charge in [0.1, 0.15) is 11.5 Å². The number of aromatic amines is 1. The van der Waals surface area contributed by atoms with Crippen molar-refractivity contribution in [1.29, 1.82) is 0 Å². The van der Waals surface area contributed by atoms with Gasteiger partial charge in [0.15, 0.2) is 0 Å². The van der Waals surface area contributed by atoms with E-state index >= 15 is 0 Å². The standard InChI is InChI=1S/C27H31N5O4/c33-24-16-31(13-9-23(24)32-11-1-2-27(32)34)12-8-19-17-35-25-14-20(4-5-21(19)25)36-26-6-3-18(15-28-26)22-7-10-29-30-22/h3-7,10,14-15,19,23-24,33H,1-2,8-9,11-13,16-17H2,(H,29,30)/t19?,23?,24-/m1/s1. The summed E-state index contributed by atoms with van der Waals surface area (Å²) in [7, 11) is 0. The highest BCUT2D eigenvalue weighted by molar-refractivity contribution is 5.78. The summed E-state index contributed by atoms with van der Waals surface area (Å²) in [5.74, 6) is 2.58. The molecular formula is C27H31N5O4. The van der Waals surface area contributed by atoms with Crippen LogP contribution in [0.5, 0.6) is 17.4 Å². The Balaban J connectivity index is 1.02. The SMILES string of the molecule is O=C1CCCN1C1CCN(CCC2COc3cc(Oc4ccc(-c5ccn[nH]5)cn4)ccc32)C[C@H]1O. The highest BCUT2D eigenvalue weighted by Crippen LogP contribution is 2.39. The lowest BCUT2D eigenvalue weighted by Crippen LogP contribution is -2.54. The Morgan fingerprint density at radius 1 is 1.19 bits per heavy atom. The molecule has 188 valence electrons. The molecule has 0 spiro atoms. The van der Waals surface area contributed by atoms with Crippen LogP contribution in [0, 0.1) is 0 Å². The second-order valence-electron chi connectivity index (χ2n) is 9.87. The number of carbonyl (C=O) groups excluding carboxylic acids is 1. The first-order valence-electron chi connectivity index (χ1n) is 12.7. The first-order chi connectivity index (χ1) is 17.6. The summed E-state index contributed by atoms with van der Waals surface area (Å²) in [6, 6.07) is 11.6. The van der Waals surface area contributed by atoms with Crippen LogP contribution in [0.2, 0.25) is 0 Å². The number of ether oxygens (including phenoxy) is 2. The molecule has 0 bridgehead atoms. The maximum atomic E-state index is 12.1. The van der Waals surface area contributed by atoms with Gasteiger partial charge in [0.25, 0.3) is 0 Å². The summed E-state index contributed by atoms with van der Waals surface area (Å²) < 4.78 is 11.9. The van der Waals surface area contributed by atoms with E-state index in [1.165, 1.54) is 5.56 Å². The van der Waals surface area contributed by atoms with Crippen LogP contribution in [0.4, 0.5) is 0 Å². The van der Waals surface area contributed by atoms with Crippen molar-refractivity contribution in [3.8, 4) is 28.6 Å². The molecule has 2 fully saturated rings. The predicted molar refractivity (Wildman–Crippen MR) is 133 cm³/mol. The fourth-order valence-corrected chi connectivity index (χ4v) is 5.61. The second kappa shape index (κ2) is 9.91. The minimum atomic E-state index is -0.477. The summed E-state index contributed by atoms with van der Waals surface area (Å²) in [5, 5.41) is 17.6. The van der Waals surface area contributed by atoms with E-state index in [1.807, 2.05) is 35.2 Å². The highest BCUT2D eigenvalue weighted by atomic mass is 16.5. The number of H-pyrrole nitrogens is 1. The van der Waals surface area contributed by atoms with Gasteiger partial charge in [-0.1, -0.05) is 6.07 Å². The zero-order chi connectivity index (χ0) is 24.5. The van der Waals surface area contributed by atoms with Crippen LogP contribution >= 0.6 is 0 Å². The molecule has 3 atom stereocenters. The molecule has 5 heterocycles. The minimum Gasteiger partial charge on any atom is -0.493 e. The van der Waals surface area contributed by atoms with Gasteiger partial charge in [-0.3, -0.25) is 9.89 Å². The summed E-state index contributed by atoms with van der Waals surface area (Å²) in [6.07, 6.45) is 6.32. The Bertz CT molecular complexity index is 1200. The van der Waals surface area contributed by atoms with Crippen LogP contribution in [-0.2, 0) is 4.79 Å². The molecule has 36 heavy (non-hydrogen) atoms. The van der Waals surface area contributed by atoms with E-state index in [9.17, 15) is 9.90 Å². The zero-order valence-corrected chi connectivity index (χ0v) is 20.2. The number of aliphatic hydroxyl groups excluding tert-OH is 1. The lowest BCUT2D eigenvalue weighted by atomic mass is 9.96. The van der Waals surface area contributed by atoms with Gasteiger partial charge in [-0.15, -0.1) is 0 Å². The molecule has 1 aromatic carbocycles. The van der Waals surface area contributed by atoms with Gasteiger partial charge in [-0.25, -0.2) is 4.98 Å². The minimum absolute atomic E-state index is 0.0265. The third-order valence-corrected chi connectivity index (χ3v) is 7.57. The maximum absolute atomic E-state index is 12.1. The van der Waals surface area contributed by atoms with E-state index in [0.717, 1.165) is 55.9 Å². The van der Waals surface area contributed by atoms with Gasteiger partial charge in [0.05, 0.1) is 24.4 Å². The second-order valence-corrected chi connectivity index (χ2v) is 9.87. The molecule has 2 saturated heterocycles. The number of carbonyl (C=O) groups is 1. The van der Waals surface area contributed by atoms with Crippen molar-refractivity contribution in [1.82, 2.24) is 25.0 Å². The zero-order valence-electron chi connectivity index (χ0n) is 20.2.